The first-order valence-corrected chi connectivity index (χ1v) is 6.99. The average molecular weight is 266 g/mol. The molecule has 0 fully saturated rings. The van der Waals surface area contributed by atoms with E-state index in [1.54, 1.807) is 29.2 Å². The highest BCUT2D eigenvalue weighted by molar-refractivity contribution is 7.98. The number of nitrogens with zero attached hydrogens (tertiary/aromatic N) is 1. The molecule has 0 bridgehead atoms. The number of rotatable bonds is 1. The van der Waals surface area contributed by atoms with Crippen molar-refractivity contribution in [1.29, 1.82) is 0 Å². The van der Waals surface area contributed by atoms with E-state index in [9.17, 15) is 0 Å². The van der Waals surface area contributed by atoms with Gasteiger partial charge >= 0.3 is 5.43 Å². The van der Waals surface area contributed by atoms with E-state index < -0.39 is 0 Å². The van der Waals surface area contributed by atoms with Crippen LogP contribution in [-0.2, 0) is 0 Å². The van der Waals surface area contributed by atoms with E-state index in [1.165, 1.54) is 20.3 Å². The minimum Gasteiger partial charge on any atom is -1.00 e. The fourth-order valence-electron chi connectivity index (χ4n) is 1.08. The number of hydrogen-bond acceptors (Lipinski definition) is 4. The molecule has 2 nitrogen and oxygen atoms in total. The Balaban J connectivity index is 0.000000980. The van der Waals surface area contributed by atoms with Gasteiger partial charge in [0, 0.05) is 15.4 Å². The molecule has 0 N–H and O–H groups in total. The zero-order valence-corrected chi connectivity index (χ0v) is 10.8. The number of benzene rings is 1. The molecule has 1 heterocycles. The summed E-state index contributed by atoms with van der Waals surface area (Å²) in [4.78, 5) is 2.39. The molecule has 0 atom stereocenters. The molecule has 76 valence electrons. The third kappa shape index (κ3) is 2.11. The van der Waals surface area contributed by atoms with Crippen LogP contribution in [0.3, 0.4) is 0 Å². The predicted molar refractivity (Wildman–Crippen MR) is 60.6 cm³/mol. The van der Waals surface area contributed by atoms with E-state index in [-0.39, 0.29) is 12.4 Å². The van der Waals surface area contributed by atoms with Gasteiger partial charge in [-0.25, -0.2) is 0 Å². The Kier molecular flexibility index (Phi) is 4.37. The summed E-state index contributed by atoms with van der Waals surface area (Å²) >= 11 is 1.70. The van der Waals surface area contributed by atoms with Crippen LogP contribution in [0.2, 0.25) is 0 Å². The Morgan fingerprint density at radius 2 is 2.21 bits per heavy atom. The minimum absolute atomic E-state index is 0. The van der Waals surface area contributed by atoms with Crippen LogP contribution in [0.25, 0.3) is 10.6 Å². The molecule has 1 aliphatic carbocycles. The van der Waals surface area contributed by atoms with Crippen molar-refractivity contribution >= 4 is 32.6 Å². The summed E-state index contributed by atoms with van der Waals surface area (Å²) in [6.07, 6.45) is 2.05. The second kappa shape index (κ2) is 5.11. The summed E-state index contributed by atoms with van der Waals surface area (Å²) in [5, 5.41) is 0. The molecule has 0 spiro atoms. The van der Waals surface area contributed by atoms with Gasteiger partial charge in [-0.05, 0) is 6.26 Å². The molecule has 0 aromatic rings. The monoisotopic (exact) mass is 265 g/mol. The molecule has 0 aromatic heterocycles. The van der Waals surface area contributed by atoms with Crippen LogP contribution in [0, 0.1) is 0 Å². The summed E-state index contributed by atoms with van der Waals surface area (Å²) in [7, 11) is 4.90. The van der Waals surface area contributed by atoms with E-state index in [0.29, 0.717) is 0 Å². The average Bonchev–Trinajstić information content (AvgIpc) is 2.63. The first-order valence-electron chi connectivity index (χ1n) is 3.66. The molecule has 0 saturated heterocycles. The summed E-state index contributed by atoms with van der Waals surface area (Å²) in [5.41, 5.74) is 2.01. The smallest absolute Gasteiger partial charge is 0.345 e. The number of halogens is 1. The second-order valence-corrected chi connectivity index (χ2v) is 5.16. The molecule has 0 aromatic carbocycles. The number of fused-ring (bicyclic) bond motifs is 1. The number of thioether (sulfide) groups is 1. The van der Waals surface area contributed by atoms with Crippen molar-refractivity contribution in [3.05, 3.63) is 22.0 Å². The van der Waals surface area contributed by atoms with Gasteiger partial charge in [-0.2, -0.15) is 4.37 Å². The van der Waals surface area contributed by atoms with E-state index in [4.69, 9.17) is 4.42 Å². The summed E-state index contributed by atoms with van der Waals surface area (Å²) in [6, 6.07) is 4.06. The van der Waals surface area contributed by atoms with Gasteiger partial charge in [0.05, 0.1) is 17.0 Å². The molecular formula is C8H8ClNOS3. The van der Waals surface area contributed by atoms with Crippen molar-refractivity contribution < 1.29 is 12.4 Å². The highest BCUT2D eigenvalue weighted by Gasteiger charge is 2.14. The number of hydrogen-bond donors (Lipinski definition) is 0. The fraction of sp³-hybridized carbons (Fsp3) is 0.250. The van der Waals surface area contributed by atoms with Crippen molar-refractivity contribution in [1.82, 2.24) is 4.37 Å². The lowest BCUT2D eigenvalue weighted by Gasteiger charge is -1.97. The van der Waals surface area contributed by atoms with Gasteiger partial charge in [-0.1, -0.05) is 10.3 Å². The van der Waals surface area contributed by atoms with Gasteiger partial charge in [-0.3, -0.25) is 4.42 Å². The molecule has 0 saturated carbocycles. The fourth-order valence-corrected chi connectivity index (χ4v) is 3.59. The van der Waals surface area contributed by atoms with Gasteiger partial charge < -0.3 is 12.4 Å². The van der Waals surface area contributed by atoms with Crippen LogP contribution >= 0.6 is 32.6 Å². The molecule has 2 rings (SSSR count). The molecule has 14 heavy (non-hydrogen) atoms. The lowest BCUT2D eigenvalue weighted by atomic mass is 10.2. The predicted octanol–water partition coefficient (Wildman–Crippen LogP) is -0.439. The van der Waals surface area contributed by atoms with Crippen molar-refractivity contribution in [2.24, 2.45) is 0 Å². The maximum atomic E-state index is 5.20. The van der Waals surface area contributed by atoms with E-state index in [0.717, 1.165) is 11.1 Å². The zero-order valence-electron chi connectivity index (χ0n) is 7.61. The van der Waals surface area contributed by atoms with Crippen LogP contribution < -0.4 is 17.8 Å². The first kappa shape index (κ1) is 12.0. The zero-order chi connectivity index (χ0) is 9.26. The van der Waals surface area contributed by atoms with Crippen molar-refractivity contribution in [3.63, 3.8) is 0 Å². The van der Waals surface area contributed by atoms with Gasteiger partial charge in [-0.15, -0.1) is 11.8 Å². The molecule has 1 aliphatic heterocycles. The SMILES string of the molecule is C[O+]=c1cc2ssnc-2c(SC)c1.[Cl-]. The topological polar surface area (TPSA) is 24.2 Å². The van der Waals surface area contributed by atoms with Crippen LogP contribution in [0.4, 0.5) is 0 Å². The molecular weight excluding hydrogens is 258 g/mol. The van der Waals surface area contributed by atoms with E-state index in [1.807, 2.05) is 12.1 Å². The van der Waals surface area contributed by atoms with Gasteiger partial charge in [0.1, 0.15) is 5.69 Å². The van der Waals surface area contributed by atoms with Gasteiger partial charge in [0.2, 0.25) is 0 Å². The summed E-state index contributed by atoms with van der Waals surface area (Å²) in [6.45, 7) is 0. The Bertz CT molecular complexity index is 450. The Morgan fingerprint density at radius 1 is 1.43 bits per heavy atom. The third-order valence-electron chi connectivity index (χ3n) is 1.72. The molecule has 0 radical (unpaired) electrons. The Morgan fingerprint density at radius 3 is 2.86 bits per heavy atom. The highest BCUT2D eigenvalue weighted by atomic mass is 35.5. The van der Waals surface area contributed by atoms with Crippen LogP contribution in [0.1, 0.15) is 0 Å². The van der Waals surface area contributed by atoms with Gasteiger partial charge in [0.25, 0.3) is 7.11 Å². The summed E-state index contributed by atoms with van der Waals surface area (Å²) < 4.78 is 9.55. The van der Waals surface area contributed by atoms with Crippen LogP contribution in [-0.4, -0.2) is 17.7 Å². The van der Waals surface area contributed by atoms with Crippen molar-refractivity contribution in [2.45, 2.75) is 4.90 Å². The standard InChI is InChI=1S/C8H8NOS3.ClH/c1-10-5-3-6(11-2)8-7(4-5)12-13-9-8;/h3-4H,1-2H3;1H/q+1;/p-1. The Labute approximate surface area is 100.0 Å². The lowest BCUT2D eigenvalue weighted by Crippen LogP contribution is -3.00. The lowest BCUT2D eigenvalue weighted by molar-refractivity contribution is -0.00000256. The maximum Gasteiger partial charge on any atom is 0.345 e. The molecule has 0 unspecified atom stereocenters. The molecule has 0 amide bonds. The largest absolute Gasteiger partial charge is 1.00 e. The van der Waals surface area contributed by atoms with Crippen molar-refractivity contribution in [3.8, 4) is 10.6 Å². The van der Waals surface area contributed by atoms with Crippen molar-refractivity contribution in [2.75, 3.05) is 13.4 Å². The molecule has 2 aliphatic rings. The van der Waals surface area contributed by atoms with Crippen LogP contribution in [0.15, 0.2) is 21.5 Å². The minimum atomic E-state index is 0. The third-order valence-corrected chi connectivity index (χ3v) is 4.28. The molecule has 6 heteroatoms. The van der Waals surface area contributed by atoms with E-state index in [2.05, 4.69) is 10.6 Å². The van der Waals surface area contributed by atoms with Crippen LogP contribution in [0.5, 0.6) is 0 Å². The normalized spacial score (nSPS) is 11.7. The van der Waals surface area contributed by atoms with E-state index >= 15 is 0 Å². The Hall–Kier alpha value is -0.100. The quantitative estimate of drug-likeness (QED) is 0.397. The second-order valence-electron chi connectivity index (χ2n) is 2.43. The maximum absolute atomic E-state index is 5.20. The van der Waals surface area contributed by atoms with Gasteiger partial charge in [0.15, 0.2) is 0 Å². The summed E-state index contributed by atoms with van der Waals surface area (Å²) in [5.74, 6) is 0. The number of aromatic nitrogens is 1. The highest BCUT2D eigenvalue weighted by Crippen LogP contribution is 2.33. The first-order chi connectivity index (χ1) is 6.35.